The summed E-state index contributed by atoms with van der Waals surface area (Å²) >= 11 is 0. The summed E-state index contributed by atoms with van der Waals surface area (Å²) in [6, 6.07) is 58.2. The number of ether oxygens (including phenoxy) is 1. The molecular weight excluding hydrogens is 813 g/mol. The molecule has 0 spiro atoms. The number of esters is 1. The van der Waals surface area contributed by atoms with E-state index in [1.807, 2.05) is 152 Å². The number of para-hydroxylation sites is 2. The van der Waals surface area contributed by atoms with Crippen LogP contribution in [0.4, 0.5) is 23.0 Å². The first kappa shape index (κ1) is 44.7. The van der Waals surface area contributed by atoms with Crippen molar-refractivity contribution in [3.05, 3.63) is 217 Å². The maximum Gasteiger partial charge on any atom is 0.328 e. The fraction of sp³-hybridized carbons (Fsp3) is 0.132. The van der Waals surface area contributed by atoms with Crippen LogP contribution in [0.5, 0.6) is 0 Å². The highest BCUT2D eigenvalue weighted by Crippen LogP contribution is 2.23. The quantitative estimate of drug-likeness (QED) is 0.0520. The lowest BCUT2D eigenvalue weighted by Gasteiger charge is -2.17. The number of nitrogens with zero attached hydrogens (tertiary/aromatic N) is 4. The van der Waals surface area contributed by atoms with Crippen LogP contribution in [-0.2, 0) is 40.3 Å². The summed E-state index contributed by atoms with van der Waals surface area (Å²) in [5.74, 6) is -0.215. The maximum atomic E-state index is 12.3. The van der Waals surface area contributed by atoms with Crippen molar-refractivity contribution in [3.8, 4) is 22.5 Å². The Morgan fingerprint density at radius 1 is 0.492 bits per heavy atom. The second kappa shape index (κ2) is 23.2. The first-order valence-corrected chi connectivity index (χ1v) is 21.2. The lowest BCUT2D eigenvalue weighted by atomic mass is 10.1. The Morgan fingerprint density at radius 3 is 1.28 bits per heavy atom. The average molecular weight is 863 g/mol. The molecule has 0 aliphatic rings. The van der Waals surface area contributed by atoms with Gasteiger partial charge in [-0.2, -0.15) is 0 Å². The number of methoxy groups -OCH3 is 1. The molecule has 12 heteroatoms. The summed E-state index contributed by atoms with van der Waals surface area (Å²) in [6.45, 7) is 1.46. The van der Waals surface area contributed by atoms with Crippen LogP contribution in [-0.4, -0.2) is 56.2 Å². The van der Waals surface area contributed by atoms with Crippen LogP contribution in [0.2, 0.25) is 0 Å². The largest absolute Gasteiger partial charge is 0.480 e. The number of aromatic nitrogens is 4. The van der Waals surface area contributed by atoms with Gasteiger partial charge in [-0.25, -0.2) is 29.5 Å². The maximum absolute atomic E-state index is 12.3. The van der Waals surface area contributed by atoms with Crippen LogP contribution >= 0.6 is 0 Å². The first-order valence-electron chi connectivity index (χ1n) is 21.2. The van der Waals surface area contributed by atoms with Crippen molar-refractivity contribution in [1.82, 2.24) is 19.9 Å². The zero-order valence-corrected chi connectivity index (χ0v) is 35.9. The molecule has 2 unspecified atom stereocenters. The van der Waals surface area contributed by atoms with Gasteiger partial charge in [0.15, 0.2) is 0 Å². The highest BCUT2D eigenvalue weighted by Gasteiger charge is 2.21. The Hall–Kier alpha value is -8.38. The van der Waals surface area contributed by atoms with Crippen LogP contribution in [0.1, 0.15) is 22.3 Å². The number of rotatable bonds is 18. The van der Waals surface area contributed by atoms with E-state index in [9.17, 15) is 14.7 Å². The summed E-state index contributed by atoms with van der Waals surface area (Å²) in [5.41, 5.74) is 9.89. The number of carboxylic acid groups (broad SMARTS) is 1. The second-order valence-corrected chi connectivity index (χ2v) is 15.0. The third kappa shape index (κ3) is 13.8. The van der Waals surface area contributed by atoms with Gasteiger partial charge in [-0.15, -0.1) is 0 Å². The highest BCUT2D eigenvalue weighted by atomic mass is 16.5. The minimum Gasteiger partial charge on any atom is -0.480 e. The molecule has 5 N–H and O–H groups in total. The molecule has 2 heterocycles. The molecule has 326 valence electrons. The molecule has 0 aliphatic heterocycles. The van der Waals surface area contributed by atoms with E-state index in [1.54, 1.807) is 6.07 Å². The van der Waals surface area contributed by atoms with Crippen LogP contribution < -0.4 is 21.3 Å². The van der Waals surface area contributed by atoms with Crippen molar-refractivity contribution in [2.75, 3.05) is 28.4 Å². The fourth-order valence-corrected chi connectivity index (χ4v) is 6.89. The highest BCUT2D eigenvalue weighted by molar-refractivity contribution is 5.80. The van der Waals surface area contributed by atoms with Crippen LogP contribution in [0.15, 0.2) is 195 Å². The molecule has 2 atom stereocenters. The molecule has 65 heavy (non-hydrogen) atoms. The van der Waals surface area contributed by atoms with Crippen molar-refractivity contribution in [3.63, 3.8) is 0 Å². The monoisotopic (exact) mass is 862 g/mol. The number of nitrogens with one attached hydrogen (secondary N) is 4. The Balaban J connectivity index is 0.000000194. The summed E-state index contributed by atoms with van der Waals surface area (Å²) in [4.78, 5) is 41.4. The lowest BCUT2D eigenvalue weighted by Crippen LogP contribution is -2.33. The third-order valence-electron chi connectivity index (χ3n) is 10.4. The van der Waals surface area contributed by atoms with Crippen LogP contribution in [0.3, 0.4) is 0 Å². The molecule has 0 fully saturated rings. The fourth-order valence-electron chi connectivity index (χ4n) is 6.89. The van der Waals surface area contributed by atoms with Gasteiger partial charge in [0.2, 0.25) is 0 Å². The number of anilines is 4. The number of hydrogen-bond donors (Lipinski definition) is 5. The van der Waals surface area contributed by atoms with Crippen molar-refractivity contribution >= 4 is 34.9 Å². The van der Waals surface area contributed by atoms with Gasteiger partial charge in [-0.3, -0.25) is 0 Å². The summed E-state index contributed by atoms with van der Waals surface area (Å²) in [7, 11) is 1.39. The van der Waals surface area contributed by atoms with Crippen molar-refractivity contribution in [2.45, 2.75) is 38.0 Å². The lowest BCUT2D eigenvalue weighted by molar-refractivity contribution is -0.141. The zero-order valence-electron chi connectivity index (χ0n) is 35.9. The number of carboxylic acids is 1. The third-order valence-corrected chi connectivity index (χ3v) is 10.4. The SMILES string of the molecule is COC(=O)C(Cc1ccccc1)Nc1cc(-c2ccc(CNc3ccccc3)cc2)ncn1.O=C(O)C(Cc1ccccc1)Nc1cc(-c2ccc(CNc3ccccc3)cc2)ncn1. The molecular formula is C53H50N8O4. The number of hydrogen-bond acceptors (Lipinski definition) is 11. The molecule has 0 amide bonds. The molecule has 0 radical (unpaired) electrons. The smallest absolute Gasteiger partial charge is 0.328 e. The molecule has 8 aromatic rings. The van der Waals surface area contributed by atoms with E-state index >= 15 is 0 Å². The summed E-state index contributed by atoms with van der Waals surface area (Å²) in [5, 5.41) is 22.7. The van der Waals surface area contributed by atoms with Gasteiger partial charge in [0.05, 0.1) is 18.5 Å². The average Bonchev–Trinajstić information content (AvgIpc) is 3.36. The van der Waals surface area contributed by atoms with E-state index in [0.717, 1.165) is 63.7 Å². The van der Waals surface area contributed by atoms with Gasteiger partial charge in [-0.05, 0) is 46.5 Å². The normalized spacial score (nSPS) is 11.5. The number of carbonyl (C=O) groups is 2. The van der Waals surface area contributed by atoms with Gasteiger partial charge in [-0.1, -0.05) is 146 Å². The minimum atomic E-state index is -0.927. The standard InChI is InChI=1S/C27H26N4O2.C26H24N4O2/c1-33-27(32)25(16-20-8-4-2-5-9-20)31-26-17-24(29-19-30-26)22-14-12-21(13-15-22)18-28-23-10-6-3-7-11-23;31-26(32)24(15-19-7-3-1-4-8-19)30-25-16-23(28-18-29-25)21-13-11-20(12-14-21)17-27-22-9-5-2-6-10-22/h2-15,17,19,25,28H,16,18H2,1H3,(H,29,30,31);1-14,16,18,24,27H,15,17H2,(H,31,32)(H,28,29,30). The Kier molecular flexibility index (Phi) is 15.9. The van der Waals surface area contributed by atoms with E-state index < -0.39 is 18.1 Å². The molecule has 0 aliphatic carbocycles. The Morgan fingerprint density at radius 2 is 0.877 bits per heavy atom. The van der Waals surface area contributed by atoms with Gasteiger partial charge in [0.25, 0.3) is 0 Å². The molecule has 2 aromatic heterocycles. The summed E-state index contributed by atoms with van der Waals surface area (Å²) in [6.07, 6.45) is 3.80. The minimum absolute atomic E-state index is 0.339. The number of aliphatic carboxylic acids is 1. The molecule has 6 aromatic carbocycles. The van der Waals surface area contributed by atoms with Crippen molar-refractivity contribution < 1.29 is 19.4 Å². The molecule has 12 nitrogen and oxygen atoms in total. The van der Waals surface area contributed by atoms with E-state index in [0.29, 0.717) is 24.5 Å². The first-order chi connectivity index (χ1) is 31.9. The molecule has 8 rings (SSSR count). The van der Waals surface area contributed by atoms with Crippen molar-refractivity contribution in [2.24, 2.45) is 0 Å². The molecule has 0 bridgehead atoms. The summed E-state index contributed by atoms with van der Waals surface area (Å²) < 4.78 is 4.99. The zero-order chi connectivity index (χ0) is 45.1. The van der Waals surface area contributed by atoms with E-state index in [2.05, 4.69) is 65.5 Å². The predicted molar refractivity (Wildman–Crippen MR) is 257 cm³/mol. The molecule has 0 saturated heterocycles. The topological polar surface area (TPSA) is 163 Å². The van der Waals surface area contributed by atoms with E-state index in [-0.39, 0.29) is 5.97 Å². The predicted octanol–water partition coefficient (Wildman–Crippen LogP) is 9.82. The van der Waals surface area contributed by atoms with Gasteiger partial charge in [0, 0.05) is 60.6 Å². The van der Waals surface area contributed by atoms with Crippen LogP contribution in [0.25, 0.3) is 22.5 Å². The van der Waals surface area contributed by atoms with E-state index in [1.165, 1.54) is 25.3 Å². The number of benzene rings is 6. The van der Waals surface area contributed by atoms with Gasteiger partial charge < -0.3 is 31.1 Å². The van der Waals surface area contributed by atoms with Gasteiger partial charge in [0.1, 0.15) is 36.4 Å². The van der Waals surface area contributed by atoms with E-state index in [4.69, 9.17) is 4.74 Å². The molecule has 0 saturated carbocycles. The van der Waals surface area contributed by atoms with Gasteiger partial charge >= 0.3 is 11.9 Å². The van der Waals surface area contributed by atoms with Crippen LogP contribution in [0, 0.1) is 0 Å². The van der Waals surface area contributed by atoms with Crippen molar-refractivity contribution in [1.29, 1.82) is 0 Å². The number of carbonyl (C=O) groups excluding carboxylic acids is 1. The Labute approximate surface area is 378 Å². The Bertz CT molecular complexity index is 2690. The second-order valence-electron chi connectivity index (χ2n) is 15.0.